The maximum atomic E-state index is 10.5. The van der Waals surface area contributed by atoms with Crippen LogP contribution in [0.4, 0.5) is 0 Å². The van der Waals surface area contributed by atoms with Crippen molar-refractivity contribution >= 4 is 5.91 Å². The summed E-state index contributed by atoms with van der Waals surface area (Å²) in [5.74, 6) is 5.66. The molecule has 0 aliphatic carbocycles. The van der Waals surface area contributed by atoms with Gasteiger partial charge in [-0.05, 0) is 19.1 Å². The fraction of sp³-hybridized carbons (Fsp3) is 0.273. The van der Waals surface area contributed by atoms with E-state index < -0.39 is 0 Å². The zero-order valence-electron chi connectivity index (χ0n) is 8.29. The largest absolute Gasteiger partial charge is 0.345 e. The highest BCUT2D eigenvalue weighted by Gasteiger charge is 1.87. The summed E-state index contributed by atoms with van der Waals surface area (Å²) in [6, 6.07) is 3.81. The topological polar surface area (TPSA) is 42.0 Å². The predicted molar refractivity (Wildman–Crippen MR) is 54.5 cm³/mol. The molecule has 3 heteroatoms. The van der Waals surface area contributed by atoms with Crippen LogP contribution in [0.2, 0.25) is 0 Å². The van der Waals surface area contributed by atoms with Gasteiger partial charge in [-0.3, -0.25) is 9.78 Å². The molecule has 1 N–H and O–H groups in total. The van der Waals surface area contributed by atoms with E-state index in [9.17, 15) is 4.79 Å². The molecule has 0 atom stereocenters. The van der Waals surface area contributed by atoms with Gasteiger partial charge in [0.25, 0.3) is 0 Å². The summed E-state index contributed by atoms with van der Waals surface area (Å²) in [5.41, 5.74) is 1.83. The van der Waals surface area contributed by atoms with Crippen molar-refractivity contribution in [1.82, 2.24) is 10.3 Å². The third kappa shape index (κ3) is 3.72. The van der Waals surface area contributed by atoms with E-state index in [4.69, 9.17) is 0 Å². The van der Waals surface area contributed by atoms with Gasteiger partial charge >= 0.3 is 0 Å². The zero-order chi connectivity index (χ0) is 10.4. The van der Waals surface area contributed by atoms with E-state index in [1.54, 1.807) is 6.20 Å². The third-order valence-electron chi connectivity index (χ3n) is 1.57. The number of carbonyl (C=O) groups is 1. The van der Waals surface area contributed by atoms with Crippen LogP contribution in [0.3, 0.4) is 0 Å². The summed E-state index contributed by atoms with van der Waals surface area (Å²) in [7, 11) is 0. The number of nitrogens with zero attached hydrogens (tertiary/aromatic N) is 1. The minimum atomic E-state index is -0.0682. The van der Waals surface area contributed by atoms with Crippen molar-refractivity contribution in [2.24, 2.45) is 0 Å². The Kier molecular flexibility index (Phi) is 3.69. The SMILES string of the molecule is CC(=O)NCC#Cc1ccc(C)nc1. The van der Waals surface area contributed by atoms with Crippen molar-refractivity contribution in [3.63, 3.8) is 0 Å². The Morgan fingerprint density at radius 2 is 2.36 bits per heavy atom. The lowest BCUT2D eigenvalue weighted by molar-refractivity contribution is -0.118. The van der Waals surface area contributed by atoms with Gasteiger partial charge in [0, 0.05) is 24.4 Å². The quantitative estimate of drug-likeness (QED) is 0.665. The molecule has 14 heavy (non-hydrogen) atoms. The Morgan fingerprint density at radius 3 is 2.93 bits per heavy atom. The van der Waals surface area contributed by atoms with E-state index in [1.807, 2.05) is 19.1 Å². The highest BCUT2D eigenvalue weighted by Crippen LogP contribution is 1.95. The normalized spacial score (nSPS) is 8.71. The zero-order valence-corrected chi connectivity index (χ0v) is 8.29. The van der Waals surface area contributed by atoms with Crippen LogP contribution in [0.5, 0.6) is 0 Å². The molecule has 0 aliphatic heterocycles. The molecular weight excluding hydrogens is 176 g/mol. The molecule has 0 spiro atoms. The Labute approximate surface area is 83.6 Å². The molecule has 0 fully saturated rings. The standard InChI is InChI=1S/C11H12N2O/c1-9-5-6-11(8-13-9)4-3-7-12-10(2)14/h5-6,8H,7H2,1-2H3,(H,12,14). The molecule has 0 bridgehead atoms. The number of aryl methyl sites for hydroxylation is 1. The van der Waals surface area contributed by atoms with Gasteiger partial charge in [-0.15, -0.1) is 0 Å². The van der Waals surface area contributed by atoms with E-state index in [0.29, 0.717) is 6.54 Å². The third-order valence-corrected chi connectivity index (χ3v) is 1.57. The fourth-order valence-corrected chi connectivity index (χ4v) is 0.857. The van der Waals surface area contributed by atoms with Crippen molar-refractivity contribution in [2.45, 2.75) is 13.8 Å². The van der Waals surface area contributed by atoms with Crippen molar-refractivity contribution < 1.29 is 4.79 Å². The Balaban J connectivity index is 2.51. The number of pyridine rings is 1. The second kappa shape index (κ2) is 5.03. The Morgan fingerprint density at radius 1 is 1.57 bits per heavy atom. The first-order chi connectivity index (χ1) is 6.68. The molecule has 1 aromatic rings. The first-order valence-electron chi connectivity index (χ1n) is 4.34. The molecule has 3 nitrogen and oxygen atoms in total. The van der Waals surface area contributed by atoms with Gasteiger partial charge in [-0.2, -0.15) is 0 Å². The summed E-state index contributed by atoms with van der Waals surface area (Å²) in [4.78, 5) is 14.6. The highest BCUT2D eigenvalue weighted by atomic mass is 16.1. The highest BCUT2D eigenvalue weighted by molar-refractivity contribution is 5.73. The second-order valence-electron chi connectivity index (χ2n) is 2.90. The molecule has 1 amide bonds. The minimum absolute atomic E-state index is 0.0682. The van der Waals surface area contributed by atoms with Crippen LogP contribution in [0.1, 0.15) is 18.2 Å². The Hall–Kier alpha value is -1.82. The summed E-state index contributed by atoms with van der Waals surface area (Å²) in [5, 5.41) is 2.59. The summed E-state index contributed by atoms with van der Waals surface area (Å²) in [6.45, 7) is 3.77. The molecule has 0 aromatic carbocycles. The van der Waals surface area contributed by atoms with Crippen molar-refractivity contribution in [3.8, 4) is 11.8 Å². The van der Waals surface area contributed by atoms with Crippen LogP contribution < -0.4 is 5.32 Å². The molecule has 0 unspecified atom stereocenters. The van der Waals surface area contributed by atoms with E-state index >= 15 is 0 Å². The van der Waals surface area contributed by atoms with Gasteiger partial charge in [-0.25, -0.2) is 0 Å². The van der Waals surface area contributed by atoms with Crippen molar-refractivity contribution in [3.05, 3.63) is 29.6 Å². The molecule has 1 heterocycles. The lowest BCUT2D eigenvalue weighted by Crippen LogP contribution is -2.19. The number of hydrogen-bond acceptors (Lipinski definition) is 2. The molecular formula is C11H12N2O. The number of hydrogen-bond donors (Lipinski definition) is 1. The summed E-state index contributed by atoms with van der Waals surface area (Å²) < 4.78 is 0. The predicted octanol–water partition coefficient (Wildman–Crippen LogP) is 0.878. The first kappa shape index (κ1) is 10.3. The van der Waals surface area contributed by atoms with Crippen LogP contribution in [0.15, 0.2) is 18.3 Å². The van der Waals surface area contributed by atoms with E-state index in [1.165, 1.54) is 6.92 Å². The van der Waals surface area contributed by atoms with E-state index in [-0.39, 0.29) is 5.91 Å². The average molecular weight is 188 g/mol. The first-order valence-corrected chi connectivity index (χ1v) is 4.34. The monoisotopic (exact) mass is 188 g/mol. The molecule has 0 saturated carbocycles. The van der Waals surface area contributed by atoms with Gasteiger partial charge in [-0.1, -0.05) is 11.8 Å². The number of amides is 1. The lowest BCUT2D eigenvalue weighted by Gasteiger charge is -1.92. The van der Waals surface area contributed by atoms with Gasteiger partial charge in [0.05, 0.1) is 6.54 Å². The molecule has 1 aromatic heterocycles. The van der Waals surface area contributed by atoms with E-state index in [0.717, 1.165) is 11.3 Å². The maximum absolute atomic E-state index is 10.5. The van der Waals surface area contributed by atoms with Crippen LogP contribution in [-0.2, 0) is 4.79 Å². The minimum Gasteiger partial charge on any atom is -0.345 e. The van der Waals surface area contributed by atoms with Gasteiger partial charge in [0.2, 0.25) is 5.91 Å². The second-order valence-corrected chi connectivity index (χ2v) is 2.90. The molecule has 1 rings (SSSR count). The summed E-state index contributed by atoms with van der Waals surface area (Å²) >= 11 is 0. The molecule has 0 saturated heterocycles. The number of nitrogens with one attached hydrogen (secondary N) is 1. The number of rotatable bonds is 1. The van der Waals surface area contributed by atoms with Gasteiger partial charge < -0.3 is 5.32 Å². The van der Waals surface area contributed by atoms with Crippen molar-refractivity contribution in [1.29, 1.82) is 0 Å². The van der Waals surface area contributed by atoms with Crippen LogP contribution >= 0.6 is 0 Å². The van der Waals surface area contributed by atoms with Gasteiger partial charge in [0.15, 0.2) is 0 Å². The van der Waals surface area contributed by atoms with Crippen LogP contribution in [0.25, 0.3) is 0 Å². The fourth-order valence-electron chi connectivity index (χ4n) is 0.857. The summed E-state index contributed by atoms with van der Waals surface area (Å²) in [6.07, 6.45) is 1.72. The molecule has 72 valence electrons. The van der Waals surface area contributed by atoms with Crippen molar-refractivity contribution in [2.75, 3.05) is 6.54 Å². The maximum Gasteiger partial charge on any atom is 0.217 e. The number of carbonyl (C=O) groups excluding carboxylic acids is 1. The smallest absolute Gasteiger partial charge is 0.217 e. The van der Waals surface area contributed by atoms with E-state index in [2.05, 4.69) is 22.1 Å². The number of aromatic nitrogens is 1. The molecule has 0 radical (unpaired) electrons. The van der Waals surface area contributed by atoms with Gasteiger partial charge in [0.1, 0.15) is 0 Å². The average Bonchev–Trinajstić information content (AvgIpc) is 2.15. The Bertz CT molecular complexity index is 371. The van der Waals surface area contributed by atoms with Crippen LogP contribution in [-0.4, -0.2) is 17.4 Å². The lowest BCUT2D eigenvalue weighted by atomic mass is 10.2. The van der Waals surface area contributed by atoms with Crippen LogP contribution in [0, 0.1) is 18.8 Å². The molecule has 0 aliphatic rings.